The van der Waals surface area contributed by atoms with Gasteiger partial charge in [-0.25, -0.2) is 0 Å². The Morgan fingerprint density at radius 3 is 2.72 bits per heavy atom. The van der Waals surface area contributed by atoms with Gasteiger partial charge in [0.05, 0.1) is 5.56 Å². The number of nitrogens with one attached hydrogen (secondary N) is 2. The van der Waals surface area contributed by atoms with Crippen LogP contribution in [0.3, 0.4) is 0 Å². The van der Waals surface area contributed by atoms with Gasteiger partial charge in [-0.15, -0.1) is 0 Å². The summed E-state index contributed by atoms with van der Waals surface area (Å²) in [5.74, 6) is -1.01. The molecule has 0 aliphatic heterocycles. The van der Waals surface area contributed by atoms with Crippen LogP contribution in [0, 0.1) is 0 Å². The number of phenolic OH excluding ortho intramolecular Hbond substituents is 1. The Bertz CT molecular complexity index is 463. The highest BCUT2D eigenvalue weighted by Gasteiger charge is 2.18. The summed E-state index contributed by atoms with van der Waals surface area (Å²) in [6, 6.07) is 3.46. The van der Waals surface area contributed by atoms with Crippen molar-refractivity contribution in [2.24, 2.45) is 0 Å². The normalized spacial score (nSPS) is 11.7. The van der Waals surface area contributed by atoms with E-state index in [0.717, 1.165) is 0 Å². The van der Waals surface area contributed by atoms with Crippen molar-refractivity contribution < 1.29 is 14.7 Å². The third-order valence-corrected chi connectivity index (χ3v) is 2.53. The average molecular weight is 271 g/mol. The third kappa shape index (κ3) is 3.63. The van der Waals surface area contributed by atoms with Crippen LogP contribution < -0.4 is 10.6 Å². The molecule has 0 aliphatic carbocycles. The molecule has 1 unspecified atom stereocenters. The number of carbonyl (C=O) groups excluding carboxylic acids is 2. The molecule has 6 heteroatoms. The summed E-state index contributed by atoms with van der Waals surface area (Å²) in [5.41, 5.74) is 0.0404. The van der Waals surface area contributed by atoms with Crippen molar-refractivity contribution in [3.05, 3.63) is 28.8 Å². The first-order valence-electron chi connectivity index (χ1n) is 5.52. The molecule has 0 aromatic heterocycles. The maximum absolute atomic E-state index is 11.8. The Balaban J connectivity index is 2.76. The fraction of sp³-hybridized carbons (Fsp3) is 0.333. The predicted octanol–water partition coefficient (Wildman–Crippen LogP) is 1.30. The van der Waals surface area contributed by atoms with E-state index >= 15 is 0 Å². The Morgan fingerprint density at radius 1 is 1.44 bits per heavy atom. The maximum atomic E-state index is 11.8. The van der Waals surface area contributed by atoms with E-state index in [-0.39, 0.29) is 17.2 Å². The first-order valence-corrected chi connectivity index (χ1v) is 5.90. The molecule has 0 bridgehead atoms. The predicted molar refractivity (Wildman–Crippen MR) is 68.7 cm³/mol. The number of halogens is 1. The molecule has 18 heavy (non-hydrogen) atoms. The summed E-state index contributed by atoms with van der Waals surface area (Å²) in [4.78, 5) is 23.3. The number of likely N-dealkylation sites (N-methyl/N-ethyl adjacent to an activating group) is 1. The fourth-order valence-corrected chi connectivity index (χ4v) is 1.53. The van der Waals surface area contributed by atoms with Gasteiger partial charge in [0.1, 0.15) is 11.8 Å². The summed E-state index contributed by atoms with van der Waals surface area (Å²) in [5, 5.41) is 14.9. The molecule has 1 rings (SSSR count). The van der Waals surface area contributed by atoms with Gasteiger partial charge in [-0.3, -0.25) is 9.59 Å². The van der Waals surface area contributed by atoms with Crippen molar-refractivity contribution in [3.63, 3.8) is 0 Å². The topological polar surface area (TPSA) is 78.4 Å². The van der Waals surface area contributed by atoms with Gasteiger partial charge in [0.2, 0.25) is 5.91 Å². The summed E-state index contributed by atoms with van der Waals surface area (Å²) < 4.78 is 0. The minimum Gasteiger partial charge on any atom is -0.507 e. The zero-order valence-corrected chi connectivity index (χ0v) is 10.9. The number of phenols is 1. The minimum absolute atomic E-state index is 0.0404. The molecule has 1 atom stereocenters. The van der Waals surface area contributed by atoms with E-state index in [1.54, 1.807) is 13.8 Å². The molecular weight excluding hydrogens is 256 g/mol. The molecule has 1 aromatic carbocycles. The quantitative estimate of drug-likeness (QED) is 0.772. The number of aromatic hydroxyl groups is 1. The van der Waals surface area contributed by atoms with Crippen LogP contribution in [-0.2, 0) is 4.79 Å². The lowest BCUT2D eigenvalue weighted by Crippen LogP contribution is -2.44. The molecular formula is C12H15ClN2O3. The zero-order valence-electron chi connectivity index (χ0n) is 10.2. The first-order chi connectivity index (χ1) is 8.45. The fourth-order valence-electron chi connectivity index (χ4n) is 1.36. The first kappa shape index (κ1) is 14.3. The van der Waals surface area contributed by atoms with E-state index in [2.05, 4.69) is 10.6 Å². The highest BCUT2D eigenvalue weighted by molar-refractivity contribution is 6.31. The van der Waals surface area contributed by atoms with Gasteiger partial charge in [-0.05, 0) is 32.0 Å². The number of benzene rings is 1. The van der Waals surface area contributed by atoms with Crippen LogP contribution in [0.1, 0.15) is 24.2 Å². The van der Waals surface area contributed by atoms with E-state index in [9.17, 15) is 14.7 Å². The molecule has 1 aromatic rings. The molecule has 98 valence electrons. The van der Waals surface area contributed by atoms with Gasteiger partial charge >= 0.3 is 0 Å². The molecule has 0 heterocycles. The highest BCUT2D eigenvalue weighted by Crippen LogP contribution is 2.21. The lowest BCUT2D eigenvalue weighted by atomic mass is 10.1. The van der Waals surface area contributed by atoms with E-state index in [1.807, 2.05) is 0 Å². The SMILES string of the molecule is CCNC(=O)C(C)NC(=O)c1cc(Cl)ccc1O. The van der Waals surface area contributed by atoms with Gasteiger partial charge in [0.25, 0.3) is 5.91 Å². The second-order valence-corrected chi connectivity index (χ2v) is 4.19. The van der Waals surface area contributed by atoms with Crippen molar-refractivity contribution in [2.45, 2.75) is 19.9 Å². The summed E-state index contributed by atoms with van der Waals surface area (Å²) in [7, 11) is 0. The Morgan fingerprint density at radius 2 is 2.11 bits per heavy atom. The number of rotatable bonds is 4. The Hall–Kier alpha value is -1.75. The maximum Gasteiger partial charge on any atom is 0.255 e. The van der Waals surface area contributed by atoms with Crippen LogP contribution in [0.2, 0.25) is 5.02 Å². The van der Waals surface area contributed by atoms with E-state index in [4.69, 9.17) is 11.6 Å². The van der Waals surface area contributed by atoms with Crippen LogP contribution in [0.15, 0.2) is 18.2 Å². The summed E-state index contributed by atoms with van der Waals surface area (Å²) >= 11 is 5.74. The van der Waals surface area contributed by atoms with Crippen molar-refractivity contribution in [1.82, 2.24) is 10.6 Å². The molecule has 0 radical (unpaired) electrons. The lowest BCUT2D eigenvalue weighted by Gasteiger charge is -2.13. The summed E-state index contributed by atoms with van der Waals surface area (Å²) in [6.07, 6.45) is 0. The van der Waals surface area contributed by atoms with Gasteiger partial charge in [0.15, 0.2) is 0 Å². The molecule has 0 fully saturated rings. The van der Waals surface area contributed by atoms with Crippen LogP contribution >= 0.6 is 11.6 Å². The smallest absolute Gasteiger partial charge is 0.255 e. The Kier molecular flexibility index (Phi) is 4.97. The minimum atomic E-state index is -0.684. The molecule has 0 spiro atoms. The van der Waals surface area contributed by atoms with Gasteiger partial charge in [0, 0.05) is 11.6 Å². The van der Waals surface area contributed by atoms with Crippen molar-refractivity contribution in [1.29, 1.82) is 0 Å². The molecule has 0 saturated carbocycles. The molecule has 3 N–H and O–H groups in total. The Labute approximate surface area is 110 Å². The molecule has 0 aliphatic rings. The van der Waals surface area contributed by atoms with Gasteiger partial charge < -0.3 is 15.7 Å². The van der Waals surface area contributed by atoms with E-state index in [0.29, 0.717) is 11.6 Å². The van der Waals surface area contributed by atoms with E-state index in [1.165, 1.54) is 18.2 Å². The van der Waals surface area contributed by atoms with Crippen molar-refractivity contribution >= 4 is 23.4 Å². The largest absolute Gasteiger partial charge is 0.507 e. The monoisotopic (exact) mass is 270 g/mol. The average Bonchev–Trinajstić information content (AvgIpc) is 2.32. The van der Waals surface area contributed by atoms with Crippen molar-refractivity contribution in [3.8, 4) is 5.75 Å². The van der Waals surface area contributed by atoms with Crippen LogP contribution in [-0.4, -0.2) is 29.5 Å². The third-order valence-electron chi connectivity index (χ3n) is 2.30. The molecule has 5 nitrogen and oxygen atoms in total. The summed E-state index contributed by atoms with van der Waals surface area (Å²) in [6.45, 7) is 3.83. The number of hydrogen-bond donors (Lipinski definition) is 3. The van der Waals surface area contributed by atoms with Crippen LogP contribution in [0.25, 0.3) is 0 Å². The highest BCUT2D eigenvalue weighted by atomic mass is 35.5. The van der Waals surface area contributed by atoms with E-state index < -0.39 is 11.9 Å². The molecule has 0 saturated heterocycles. The second-order valence-electron chi connectivity index (χ2n) is 3.75. The number of carbonyl (C=O) groups is 2. The van der Waals surface area contributed by atoms with Crippen molar-refractivity contribution in [2.75, 3.05) is 6.54 Å². The van der Waals surface area contributed by atoms with Gasteiger partial charge in [-0.2, -0.15) is 0 Å². The standard InChI is InChI=1S/C12H15ClN2O3/c1-3-14-11(17)7(2)15-12(18)9-6-8(13)4-5-10(9)16/h4-7,16H,3H2,1-2H3,(H,14,17)(H,15,18). The van der Waals surface area contributed by atoms with Crippen LogP contribution in [0.5, 0.6) is 5.75 Å². The van der Waals surface area contributed by atoms with Crippen LogP contribution in [0.4, 0.5) is 0 Å². The number of hydrogen-bond acceptors (Lipinski definition) is 3. The molecule has 2 amide bonds. The second kappa shape index (κ2) is 6.26. The lowest BCUT2D eigenvalue weighted by molar-refractivity contribution is -0.122. The van der Waals surface area contributed by atoms with Gasteiger partial charge in [-0.1, -0.05) is 11.6 Å². The zero-order chi connectivity index (χ0) is 13.7. The number of amides is 2.